The van der Waals surface area contributed by atoms with E-state index in [1.165, 1.54) is 37.9 Å². The number of hydrogen-bond donors (Lipinski definition) is 2. The van der Waals surface area contributed by atoms with Gasteiger partial charge in [0.25, 0.3) is 0 Å². The van der Waals surface area contributed by atoms with Gasteiger partial charge in [-0.1, -0.05) is 35.9 Å². The Balaban J connectivity index is 1.51. The molecule has 1 fully saturated rings. The highest BCUT2D eigenvalue weighted by molar-refractivity contribution is 6.30. The Morgan fingerprint density at radius 1 is 0.917 bits per heavy atom. The van der Waals surface area contributed by atoms with Gasteiger partial charge in [-0.05, 0) is 49.1 Å². The molecule has 0 aromatic heterocycles. The van der Waals surface area contributed by atoms with E-state index >= 15 is 0 Å². The molecule has 3 nitrogen and oxygen atoms in total. The standard InChI is InChI=1S/C20H23ClN2O/c21-18-8-4-16(5-9-18)14-20(24)22-19-10-6-17(7-11-19)15-23-12-2-1-3-13-23/h4-11H,1-3,12-15H2,(H,22,24)/p+1. The number of anilines is 1. The lowest BCUT2D eigenvalue weighted by atomic mass is 10.1. The quantitative estimate of drug-likeness (QED) is 0.859. The minimum atomic E-state index is -0.00766. The van der Waals surface area contributed by atoms with Crippen LogP contribution in [0.15, 0.2) is 48.5 Å². The molecule has 0 saturated carbocycles. The number of amides is 1. The van der Waals surface area contributed by atoms with Crippen LogP contribution in [0.5, 0.6) is 0 Å². The lowest BCUT2D eigenvalue weighted by Crippen LogP contribution is -3.11. The predicted molar refractivity (Wildman–Crippen MR) is 98.5 cm³/mol. The second kappa shape index (κ2) is 8.32. The van der Waals surface area contributed by atoms with E-state index in [0.29, 0.717) is 11.4 Å². The molecule has 0 radical (unpaired) electrons. The van der Waals surface area contributed by atoms with Gasteiger partial charge in [-0.3, -0.25) is 4.79 Å². The van der Waals surface area contributed by atoms with E-state index in [1.807, 2.05) is 36.4 Å². The molecule has 1 aliphatic heterocycles. The van der Waals surface area contributed by atoms with Crippen LogP contribution in [0.25, 0.3) is 0 Å². The molecule has 0 atom stereocenters. The molecule has 1 aliphatic rings. The van der Waals surface area contributed by atoms with Gasteiger partial charge in [0.05, 0.1) is 19.5 Å². The largest absolute Gasteiger partial charge is 0.331 e. The zero-order valence-corrected chi connectivity index (χ0v) is 14.6. The normalized spacial score (nSPS) is 15.2. The van der Waals surface area contributed by atoms with Gasteiger partial charge in [0.1, 0.15) is 6.54 Å². The Bertz CT molecular complexity index is 661. The third kappa shape index (κ3) is 5.08. The molecular weight excluding hydrogens is 320 g/mol. The van der Waals surface area contributed by atoms with Crippen molar-refractivity contribution in [1.29, 1.82) is 0 Å². The fourth-order valence-corrected chi connectivity index (χ4v) is 3.34. The van der Waals surface area contributed by atoms with Crippen molar-refractivity contribution in [2.24, 2.45) is 0 Å². The third-order valence-corrected chi connectivity index (χ3v) is 4.78. The first kappa shape index (κ1) is 17.0. The number of hydrogen-bond acceptors (Lipinski definition) is 1. The summed E-state index contributed by atoms with van der Waals surface area (Å²) in [5, 5.41) is 3.64. The second-order valence-corrected chi connectivity index (χ2v) is 6.97. The van der Waals surface area contributed by atoms with Crippen molar-refractivity contribution in [1.82, 2.24) is 0 Å². The van der Waals surface area contributed by atoms with Crippen LogP contribution >= 0.6 is 11.6 Å². The number of likely N-dealkylation sites (tertiary alicyclic amines) is 1. The van der Waals surface area contributed by atoms with E-state index < -0.39 is 0 Å². The summed E-state index contributed by atoms with van der Waals surface area (Å²) >= 11 is 5.86. The molecule has 126 valence electrons. The molecule has 1 saturated heterocycles. The van der Waals surface area contributed by atoms with Crippen LogP contribution in [0.4, 0.5) is 5.69 Å². The Morgan fingerprint density at radius 2 is 1.54 bits per heavy atom. The maximum atomic E-state index is 12.1. The van der Waals surface area contributed by atoms with Gasteiger partial charge in [0.2, 0.25) is 5.91 Å². The van der Waals surface area contributed by atoms with Crippen LogP contribution in [0.2, 0.25) is 5.02 Å². The zero-order chi connectivity index (χ0) is 16.8. The Morgan fingerprint density at radius 3 is 2.21 bits per heavy atom. The maximum Gasteiger partial charge on any atom is 0.228 e. The predicted octanol–water partition coefficient (Wildman–Crippen LogP) is 3.09. The van der Waals surface area contributed by atoms with E-state index in [2.05, 4.69) is 17.4 Å². The molecule has 24 heavy (non-hydrogen) atoms. The van der Waals surface area contributed by atoms with E-state index in [0.717, 1.165) is 17.8 Å². The highest BCUT2D eigenvalue weighted by Gasteiger charge is 2.13. The smallest absolute Gasteiger partial charge is 0.228 e. The lowest BCUT2D eigenvalue weighted by Gasteiger charge is -2.23. The second-order valence-electron chi connectivity index (χ2n) is 6.54. The van der Waals surface area contributed by atoms with Crippen molar-refractivity contribution in [2.75, 3.05) is 18.4 Å². The summed E-state index contributed by atoms with van der Waals surface area (Å²) in [6, 6.07) is 15.6. The molecule has 1 amide bonds. The molecule has 0 unspecified atom stereocenters. The number of quaternary nitrogens is 1. The summed E-state index contributed by atoms with van der Waals surface area (Å²) in [5.41, 5.74) is 3.15. The van der Waals surface area contributed by atoms with E-state index in [4.69, 9.17) is 11.6 Å². The van der Waals surface area contributed by atoms with Crippen LogP contribution in [0.3, 0.4) is 0 Å². The summed E-state index contributed by atoms with van der Waals surface area (Å²) in [6.07, 6.45) is 4.42. The summed E-state index contributed by atoms with van der Waals surface area (Å²) in [7, 11) is 0. The molecule has 0 aliphatic carbocycles. The van der Waals surface area contributed by atoms with Crippen molar-refractivity contribution < 1.29 is 9.69 Å². The van der Waals surface area contributed by atoms with Gasteiger partial charge >= 0.3 is 0 Å². The first-order valence-electron chi connectivity index (χ1n) is 8.66. The lowest BCUT2D eigenvalue weighted by molar-refractivity contribution is -0.918. The molecule has 0 spiro atoms. The highest BCUT2D eigenvalue weighted by atomic mass is 35.5. The summed E-state index contributed by atoms with van der Waals surface area (Å²) in [6.45, 7) is 3.64. The molecule has 0 bridgehead atoms. The van der Waals surface area contributed by atoms with Crippen LogP contribution in [0.1, 0.15) is 30.4 Å². The summed E-state index contributed by atoms with van der Waals surface area (Å²) < 4.78 is 0. The SMILES string of the molecule is O=C(Cc1ccc(Cl)cc1)Nc1ccc(C[NH+]2CCCCC2)cc1. The Hall–Kier alpha value is -1.84. The van der Waals surface area contributed by atoms with Gasteiger partial charge in [0.15, 0.2) is 0 Å². The maximum absolute atomic E-state index is 12.1. The molecule has 4 heteroatoms. The monoisotopic (exact) mass is 343 g/mol. The average molecular weight is 344 g/mol. The fraction of sp³-hybridized carbons (Fsp3) is 0.350. The van der Waals surface area contributed by atoms with Crippen LogP contribution in [-0.2, 0) is 17.8 Å². The Kier molecular flexibility index (Phi) is 5.89. The molecule has 2 aromatic rings. The van der Waals surface area contributed by atoms with Crippen molar-refractivity contribution in [3.8, 4) is 0 Å². The molecule has 1 heterocycles. The summed E-state index contributed by atoms with van der Waals surface area (Å²) in [5.74, 6) is -0.00766. The number of benzene rings is 2. The number of nitrogens with one attached hydrogen (secondary N) is 2. The van der Waals surface area contributed by atoms with Crippen molar-refractivity contribution in [3.63, 3.8) is 0 Å². The molecular formula is C20H24ClN2O+. The highest BCUT2D eigenvalue weighted by Crippen LogP contribution is 2.12. The van der Waals surface area contributed by atoms with Gasteiger partial charge in [-0.15, -0.1) is 0 Å². The third-order valence-electron chi connectivity index (χ3n) is 4.53. The van der Waals surface area contributed by atoms with Gasteiger partial charge in [0, 0.05) is 16.3 Å². The van der Waals surface area contributed by atoms with Crippen LogP contribution in [0, 0.1) is 0 Å². The van der Waals surface area contributed by atoms with Gasteiger partial charge in [-0.25, -0.2) is 0 Å². The zero-order valence-electron chi connectivity index (χ0n) is 13.9. The van der Waals surface area contributed by atoms with Gasteiger partial charge < -0.3 is 10.2 Å². The van der Waals surface area contributed by atoms with Crippen LogP contribution in [-0.4, -0.2) is 19.0 Å². The number of carbonyl (C=O) groups is 1. The number of piperidine rings is 1. The number of rotatable bonds is 5. The minimum Gasteiger partial charge on any atom is -0.331 e. The molecule has 2 aromatic carbocycles. The topological polar surface area (TPSA) is 33.5 Å². The fourth-order valence-electron chi connectivity index (χ4n) is 3.22. The van der Waals surface area contributed by atoms with Crippen molar-refractivity contribution in [3.05, 3.63) is 64.7 Å². The number of halogens is 1. The first-order chi connectivity index (χ1) is 11.7. The first-order valence-corrected chi connectivity index (χ1v) is 9.04. The van der Waals surface area contributed by atoms with Crippen molar-refractivity contribution >= 4 is 23.2 Å². The number of carbonyl (C=O) groups excluding carboxylic acids is 1. The minimum absolute atomic E-state index is 0.00766. The van der Waals surface area contributed by atoms with E-state index in [9.17, 15) is 4.79 Å². The van der Waals surface area contributed by atoms with Crippen molar-refractivity contribution in [2.45, 2.75) is 32.2 Å². The summed E-state index contributed by atoms with van der Waals surface area (Å²) in [4.78, 5) is 13.8. The molecule has 3 rings (SSSR count). The van der Waals surface area contributed by atoms with Gasteiger partial charge in [-0.2, -0.15) is 0 Å². The van der Waals surface area contributed by atoms with Crippen LogP contribution < -0.4 is 10.2 Å². The van der Waals surface area contributed by atoms with E-state index in [1.54, 1.807) is 4.90 Å². The molecule has 2 N–H and O–H groups in total. The Labute approximate surface area is 148 Å². The average Bonchev–Trinajstić information content (AvgIpc) is 2.60. The van der Waals surface area contributed by atoms with E-state index in [-0.39, 0.29) is 5.91 Å².